The molecule has 1 heteroatoms. The molecule has 1 heterocycles. The summed E-state index contributed by atoms with van der Waals surface area (Å²) >= 11 is 0. The third-order valence-corrected chi connectivity index (χ3v) is 2.42. The second-order valence-electron chi connectivity index (χ2n) is 3.71. The number of hydrogen-bond acceptors (Lipinski definition) is 1. The molecule has 14 heavy (non-hydrogen) atoms. The molecule has 0 atom stereocenters. The van der Waals surface area contributed by atoms with Crippen LogP contribution in [0.25, 0.3) is 11.1 Å². The highest BCUT2D eigenvalue weighted by Gasteiger charge is 2.07. The molecule has 71 valence electrons. The van der Waals surface area contributed by atoms with E-state index in [2.05, 4.69) is 39.2 Å². The van der Waals surface area contributed by atoms with Crippen molar-refractivity contribution in [1.82, 2.24) is 0 Å². The average Bonchev–Trinajstić information content (AvgIpc) is 2.54. The van der Waals surface area contributed by atoms with Crippen LogP contribution < -0.4 is 0 Å². The molecule has 0 bridgehead atoms. The molecule has 2 aromatic rings. The Balaban J connectivity index is 2.64. The predicted octanol–water partition coefficient (Wildman–Crippen LogP) is 3.67. The van der Waals surface area contributed by atoms with E-state index < -0.39 is 0 Å². The highest BCUT2D eigenvalue weighted by Crippen LogP contribution is 2.27. The van der Waals surface area contributed by atoms with E-state index >= 15 is 0 Å². The topological polar surface area (TPSA) is 13.1 Å². The first-order valence-corrected chi connectivity index (χ1v) is 4.72. The van der Waals surface area contributed by atoms with Gasteiger partial charge in [0.25, 0.3) is 0 Å². The molecule has 0 N–H and O–H groups in total. The van der Waals surface area contributed by atoms with Crippen LogP contribution in [0, 0.1) is 27.0 Å². The van der Waals surface area contributed by atoms with Crippen molar-refractivity contribution in [3.05, 3.63) is 47.4 Å². The third kappa shape index (κ3) is 1.46. The summed E-state index contributed by atoms with van der Waals surface area (Å²) in [5, 5.41) is 0. The van der Waals surface area contributed by atoms with Crippen LogP contribution in [0.2, 0.25) is 0 Å². The molecule has 1 aromatic carbocycles. The van der Waals surface area contributed by atoms with Crippen molar-refractivity contribution < 1.29 is 4.42 Å². The first-order valence-electron chi connectivity index (χ1n) is 4.72. The molecule has 0 unspecified atom stereocenters. The van der Waals surface area contributed by atoms with Gasteiger partial charge < -0.3 is 4.42 Å². The minimum atomic E-state index is 1.04. The van der Waals surface area contributed by atoms with Crippen LogP contribution in [0.1, 0.15) is 16.7 Å². The predicted molar refractivity (Wildman–Crippen MR) is 57.2 cm³/mol. The van der Waals surface area contributed by atoms with E-state index in [1.807, 2.05) is 6.07 Å². The van der Waals surface area contributed by atoms with Crippen molar-refractivity contribution in [3.8, 4) is 11.1 Å². The molecule has 0 aliphatic heterocycles. The summed E-state index contributed by atoms with van der Waals surface area (Å²) in [6.45, 7) is 6.36. The van der Waals surface area contributed by atoms with Gasteiger partial charge in [-0.2, -0.15) is 0 Å². The highest BCUT2D eigenvalue weighted by molar-refractivity contribution is 5.69. The van der Waals surface area contributed by atoms with E-state index in [0.29, 0.717) is 0 Å². The van der Waals surface area contributed by atoms with Gasteiger partial charge in [0.2, 0.25) is 0 Å². The zero-order valence-corrected chi connectivity index (χ0v) is 8.72. The van der Waals surface area contributed by atoms with Crippen molar-refractivity contribution in [2.24, 2.45) is 0 Å². The second kappa shape index (κ2) is 3.33. The van der Waals surface area contributed by atoms with Gasteiger partial charge in [0.05, 0.1) is 6.26 Å². The molecule has 1 radical (unpaired) electrons. The van der Waals surface area contributed by atoms with Crippen LogP contribution >= 0.6 is 0 Å². The molecule has 0 saturated carbocycles. The van der Waals surface area contributed by atoms with E-state index in [1.54, 1.807) is 6.26 Å². The Morgan fingerprint density at radius 2 is 1.71 bits per heavy atom. The lowest BCUT2D eigenvalue weighted by molar-refractivity contribution is 0.559. The van der Waals surface area contributed by atoms with Crippen molar-refractivity contribution in [2.45, 2.75) is 20.8 Å². The number of furan rings is 1. The molecule has 0 aliphatic rings. The molecule has 0 saturated heterocycles. The van der Waals surface area contributed by atoms with Gasteiger partial charge in [-0.05, 0) is 43.5 Å². The summed E-state index contributed by atoms with van der Waals surface area (Å²) in [5.41, 5.74) is 6.14. The molecular weight excluding hydrogens is 172 g/mol. The standard InChI is InChI=1S/C13H13O/c1-9-6-10(2)13(11(3)7-9)12-4-5-14-8-12/h4-7H,1-3H3. The Labute approximate surface area is 84.4 Å². The van der Waals surface area contributed by atoms with Gasteiger partial charge in [-0.25, -0.2) is 0 Å². The Kier molecular flexibility index (Phi) is 2.16. The van der Waals surface area contributed by atoms with Crippen LogP contribution in [-0.2, 0) is 0 Å². The fourth-order valence-corrected chi connectivity index (χ4v) is 1.97. The van der Waals surface area contributed by atoms with Gasteiger partial charge >= 0.3 is 0 Å². The normalized spacial score (nSPS) is 10.5. The largest absolute Gasteiger partial charge is 0.460 e. The van der Waals surface area contributed by atoms with Crippen LogP contribution in [0.3, 0.4) is 0 Å². The average molecular weight is 185 g/mol. The Bertz CT molecular complexity index is 415. The first-order chi connectivity index (χ1) is 6.68. The fraction of sp³-hybridized carbons (Fsp3) is 0.231. The number of aryl methyl sites for hydroxylation is 3. The van der Waals surface area contributed by atoms with Gasteiger partial charge in [0, 0.05) is 5.56 Å². The van der Waals surface area contributed by atoms with Gasteiger partial charge in [-0.3, -0.25) is 0 Å². The summed E-state index contributed by atoms with van der Waals surface area (Å²) in [7, 11) is 0. The molecule has 0 fully saturated rings. The number of hydrogen-bond donors (Lipinski definition) is 0. The summed E-state index contributed by atoms with van der Waals surface area (Å²) in [6.07, 6.45) is 4.54. The van der Waals surface area contributed by atoms with Gasteiger partial charge in [-0.1, -0.05) is 17.7 Å². The Hall–Kier alpha value is -1.50. The maximum absolute atomic E-state index is 4.98. The van der Waals surface area contributed by atoms with Crippen LogP contribution in [0.4, 0.5) is 0 Å². The van der Waals surface area contributed by atoms with Crippen molar-refractivity contribution in [3.63, 3.8) is 0 Å². The zero-order valence-electron chi connectivity index (χ0n) is 8.72. The first kappa shape index (κ1) is 9.07. The van der Waals surface area contributed by atoms with Crippen molar-refractivity contribution in [2.75, 3.05) is 0 Å². The number of rotatable bonds is 1. The van der Waals surface area contributed by atoms with Gasteiger partial charge in [0.15, 0.2) is 6.26 Å². The van der Waals surface area contributed by atoms with E-state index in [4.69, 9.17) is 4.42 Å². The molecule has 1 nitrogen and oxygen atoms in total. The van der Waals surface area contributed by atoms with Gasteiger partial charge in [-0.15, -0.1) is 0 Å². The lowest BCUT2D eigenvalue weighted by atomic mass is 9.96. The maximum Gasteiger partial charge on any atom is 0.177 e. The summed E-state index contributed by atoms with van der Waals surface area (Å²) in [4.78, 5) is 0. The SMILES string of the molecule is Cc1cc(C)c(-c2[c]occ2)c(C)c1. The third-order valence-electron chi connectivity index (χ3n) is 2.42. The fourth-order valence-electron chi connectivity index (χ4n) is 1.97. The quantitative estimate of drug-likeness (QED) is 0.660. The zero-order chi connectivity index (χ0) is 10.1. The monoisotopic (exact) mass is 185 g/mol. The van der Waals surface area contributed by atoms with E-state index in [-0.39, 0.29) is 0 Å². The van der Waals surface area contributed by atoms with E-state index in [0.717, 1.165) is 5.56 Å². The Morgan fingerprint density at radius 1 is 1.07 bits per heavy atom. The minimum Gasteiger partial charge on any atom is -0.460 e. The summed E-state index contributed by atoms with van der Waals surface area (Å²) in [6, 6.07) is 6.32. The highest BCUT2D eigenvalue weighted by atomic mass is 16.3. The number of benzene rings is 1. The maximum atomic E-state index is 4.98. The summed E-state index contributed by atoms with van der Waals surface area (Å²) < 4.78 is 4.98. The van der Waals surface area contributed by atoms with Crippen molar-refractivity contribution in [1.29, 1.82) is 0 Å². The molecule has 0 aliphatic carbocycles. The Morgan fingerprint density at radius 3 is 2.21 bits per heavy atom. The minimum absolute atomic E-state index is 1.04. The lowest BCUT2D eigenvalue weighted by Crippen LogP contribution is -1.88. The van der Waals surface area contributed by atoms with Crippen LogP contribution in [0.5, 0.6) is 0 Å². The van der Waals surface area contributed by atoms with Crippen LogP contribution in [-0.4, -0.2) is 0 Å². The van der Waals surface area contributed by atoms with Crippen LogP contribution in [0.15, 0.2) is 28.9 Å². The van der Waals surface area contributed by atoms with Crippen molar-refractivity contribution >= 4 is 0 Å². The smallest absolute Gasteiger partial charge is 0.177 e. The molecule has 0 amide bonds. The van der Waals surface area contributed by atoms with E-state index in [1.165, 1.54) is 22.3 Å². The molecule has 1 aromatic heterocycles. The lowest BCUT2D eigenvalue weighted by Gasteiger charge is -2.08. The second-order valence-corrected chi connectivity index (χ2v) is 3.71. The van der Waals surface area contributed by atoms with Gasteiger partial charge in [0.1, 0.15) is 0 Å². The summed E-state index contributed by atoms with van der Waals surface area (Å²) in [5.74, 6) is 0. The molecular formula is C13H13O. The molecule has 2 rings (SSSR count). The molecule has 0 spiro atoms. The van der Waals surface area contributed by atoms with E-state index in [9.17, 15) is 0 Å².